The summed E-state index contributed by atoms with van der Waals surface area (Å²) in [6.45, 7) is 9.46. The smallest absolute Gasteiger partial charge is 0.462 e. The van der Waals surface area contributed by atoms with Gasteiger partial charge in [0.05, 0.1) is 26.4 Å². The Morgan fingerprint density at radius 2 is 0.628 bits per heavy atom. The summed E-state index contributed by atoms with van der Waals surface area (Å²) in [6.07, 6.45) is 56.3. The normalized spacial score (nSPS) is 14.5. The van der Waals surface area contributed by atoms with Gasteiger partial charge in [-0.05, 0) is 63.2 Å². The third-order valence-electron chi connectivity index (χ3n) is 17.2. The molecule has 3 unspecified atom stereocenters. The predicted octanol–water partition coefficient (Wildman–Crippen LogP) is 21.5. The molecule has 0 saturated heterocycles. The first-order valence-corrected chi connectivity index (χ1v) is 41.3. The molecule has 0 bridgehead atoms. The van der Waals surface area contributed by atoms with Gasteiger partial charge in [-0.3, -0.25) is 37.3 Å². The van der Waals surface area contributed by atoms with Gasteiger partial charge in [-0.15, -0.1) is 0 Å². The van der Waals surface area contributed by atoms with E-state index in [0.717, 1.165) is 121 Å². The van der Waals surface area contributed by atoms with Crippen molar-refractivity contribution in [1.29, 1.82) is 0 Å². The van der Waals surface area contributed by atoms with Crippen LogP contribution in [0.5, 0.6) is 0 Å². The minimum atomic E-state index is -4.96. The van der Waals surface area contributed by atoms with Gasteiger partial charge in [0, 0.05) is 25.7 Å². The zero-order valence-electron chi connectivity index (χ0n) is 60.7. The standard InChI is InChI=1S/C75H142O17P2/c1-7-10-12-14-16-18-20-22-24-26-28-30-35-39-47-53-59-74(79)91-70(63-85-72(77)57-51-45-38-34-29-27-25-23-21-19-17-15-13-11-8-2)65-89-93(81,82)87-61-69(76)62-88-94(83,84)90-66-71(64-86-73(78)58-52-46-42-41-43-49-55-67(4)5)92-75(80)60-54-48-40-36-32-31-33-37-44-50-56-68(6)9-3/h19,21,23,25,67-71,76H,7-18,20,22,24,26-66H2,1-6H3,(H,81,82)(H,83,84)/b21-19-,25-23-/t68?,69-,70-,71-/m1/s1. The van der Waals surface area contributed by atoms with Crippen molar-refractivity contribution in [1.82, 2.24) is 0 Å². The van der Waals surface area contributed by atoms with Crippen molar-refractivity contribution in [3.8, 4) is 0 Å². The predicted molar refractivity (Wildman–Crippen MR) is 381 cm³/mol. The van der Waals surface area contributed by atoms with E-state index >= 15 is 0 Å². The lowest BCUT2D eigenvalue weighted by atomic mass is 9.99. The van der Waals surface area contributed by atoms with Crippen molar-refractivity contribution >= 4 is 39.5 Å². The summed E-state index contributed by atoms with van der Waals surface area (Å²) in [5, 5.41) is 10.6. The van der Waals surface area contributed by atoms with Gasteiger partial charge in [-0.25, -0.2) is 9.13 Å². The van der Waals surface area contributed by atoms with Crippen molar-refractivity contribution in [3.05, 3.63) is 24.3 Å². The highest BCUT2D eigenvalue weighted by atomic mass is 31.2. The number of carbonyl (C=O) groups excluding carboxylic acids is 4. The Hall–Kier alpha value is -2.46. The Kier molecular flexibility index (Phi) is 64.7. The molecule has 6 atom stereocenters. The number of phosphoric ester groups is 2. The molecular formula is C75H142O17P2. The molecule has 0 rings (SSSR count). The number of hydrogen-bond donors (Lipinski definition) is 3. The molecule has 3 N–H and O–H groups in total. The zero-order valence-corrected chi connectivity index (χ0v) is 62.5. The summed E-state index contributed by atoms with van der Waals surface area (Å²) in [5.41, 5.74) is 0. The largest absolute Gasteiger partial charge is 0.472 e. The Morgan fingerprint density at radius 1 is 0.351 bits per heavy atom. The second-order valence-electron chi connectivity index (χ2n) is 27.1. The number of esters is 4. The van der Waals surface area contributed by atoms with Crippen LogP contribution in [0.25, 0.3) is 0 Å². The number of aliphatic hydroxyl groups excluding tert-OH is 1. The zero-order chi connectivity index (χ0) is 69.3. The van der Waals surface area contributed by atoms with Crippen LogP contribution in [-0.2, 0) is 65.4 Å². The molecule has 0 aromatic carbocycles. The second-order valence-corrected chi connectivity index (χ2v) is 30.0. The molecule has 0 aliphatic carbocycles. The van der Waals surface area contributed by atoms with E-state index in [4.69, 9.17) is 37.0 Å². The average Bonchev–Trinajstić information content (AvgIpc) is 1.15. The number of ether oxygens (including phenoxy) is 4. The van der Waals surface area contributed by atoms with Gasteiger partial charge < -0.3 is 33.8 Å². The average molecular weight is 1380 g/mol. The van der Waals surface area contributed by atoms with Crippen molar-refractivity contribution in [2.24, 2.45) is 11.8 Å². The molecule has 554 valence electrons. The summed E-state index contributed by atoms with van der Waals surface area (Å²) in [5.74, 6) is -0.670. The highest BCUT2D eigenvalue weighted by Gasteiger charge is 2.30. The van der Waals surface area contributed by atoms with Crippen LogP contribution in [0.15, 0.2) is 24.3 Å². The molecule has 0 amide bonds. The topological polar surface area (TPSA) is 237 Å². The maximum atomic E-state index is 13.1. The van der Waals surface area contributed by atoms with Crippen LogP contribution in [0.4, 0.5) is 0 Å². The molecule has 0 heterocycles. The van der Waals surface area contributed by atoms with Crippen LogP contribution in [0.3, 0.4) is 0 Å². The number of phosphoric acid groups is 2. The molecule has 0 saturated carbocycles. The summed E-state index contributed by atoms with van der Waals surface area (Å²) in [7, 11) is -9.92. The Bertz CT molecular complexity index is 1920. The number of rotatable bonds is 72. The van der Waals surface area contributed by atoms with Gasteiger partial charge in [0.2, 0.25) is 0 Å². The van der Waals surface area contributed by atoms with Gasteiger partial charge in [0.15, 0.2) is 12.2 Å². The Morgan fingerprint density at radius 3 is 0.957 bits per heavy atom. The van der Waals surface area contributed by atoms with Crippen molar-refractivity contribution in [3.63, 3.8) is 0 Å². The molecule has 0 fully saturated rings. The summed E-state index contributed by atoms with van der Waals surface area (Å²) >= 11 is 0. The van der Waals surface area contributed by atoms with Crippen LogP contribution >= 0.6 is 15.6 Å². The van der Waals surface area contributed by atoms with Crippen LogP contribution in [0, 0.1) is 11.8 Å². The quantitative estimate of drug-likeness (QED) is 0.0169. The van der Waals surface area contributed by atoms with Crippen molar-refractivity contribution < 1.29 is 80.2 Å². The van der Waals surface area contributed by atoms with E-state index in [-0.39, 0.29) is 25.7 Å². The third kappa shape index (κ3) is 66.8. The van der Waals surface area contributed by atoms with Crippen LogP contribution in [0.2, 0.25) is 0 Å². The lowest BCUT2D eigenvalue weighted by Gasteiger charge is -2.21. The molecular weight excluding hydrogens is 1230 g/mol. The van der Waals surface area contributed by atoms with E-state index in [1.54, 1.807) is 0 Å². The van der Waals surface area contributed by atoms with Gasteiger partial charge in [0.25, 0.3) is 0 Å². The first-order valence-electron chi connectivity index (χ1n) is 38.3. The fraction of sp³-hybridized carbons (Fsp3) is 0.893. The number of allylic oxidation sites excluding steroid dienone is 4. The Labute approximate surface area is 573 Å². The van der Waals surface area contributed by atoms with Crippen LogP contribution in [-0.4, -0.2) is 96.7 Å². The summed E-state index contributed by atoms with van der Waals surface area (Å²) in [4.78, 5) is 72.7. The summed E-state index contributed by atoms with van der Waals surface area (Å²) < 4.78 is 68.4. The first kappa shape index (κ1) is 91.5. The first-order chi connectivity index (χ1) is 45.4. The highest BCUT2D eigenvalue weighted by molar-refractivity contribution is 7.47. The van der Waals surface area contributed by atoms with E-state index in [2.05, 4.69) is 65.8 Å². The molecule has 94 heavy (non-hydrogen) atoms. The fourth-order valence-corrected chi connectivity index (χ4v) is 12.5. The van der Waals surface area contributed by atoms with Crippen LogP contribution < -0.4 is 0 Å². The SMILES string of the molecule is CCCCCC/C=C\C=C/CCCCCCCC(=O)OC[C@H](COP(=O)(O)OC[C@@H](O)COP(=O)(O)OC[C@@H](COC(=O)CCCCCCCCC(C)C)OC(=O)CCCCCCCCCCCCC(C)CC)OC(=O)CCCCCCCCCCCCCCCCCC. The molecule has 0 spiro atoms. The van der Waals surface area contributed by atoms with E-state index in [1.807, 2.05) is 0 Å². The van der Waals surface area contributed by atoms with Gasteiger partial charge >= 0.3 is 39.5 Å². The van der Waals surface area contributed by atoms with E-state index in [0.29, 0.717) is 31.6 Å². The number of unbranched alkanes of at least 4 members (excludes halogenated alkanes) is 38. The molecule has 17 nitrogen and oxygen atoms in total. The Balaban J connectivity index is 5.28. The molecule has 0 aromatic rings. The van der Waals surface area contributed by atoms with Crippen molar-refractivity contribution in [2.45, 2.75) is 381 Å². The molecule has 0 aliphatic rings. The van der Waals surface area contributed by atoms with Gasteiger partial charge in [0.1, 0.15) is 19.3 Å². The highest BCUT2D eigenvalue weighted by Crippen LogP contribution is 2.45. The maximum absolute atomic E-state index is 13.1. The van der Waals surface area contributed by atoms with Crippen LogP contribution in [0.1, 0.15) is 363 Å². The minimum absolute atomic E-state index is 0.101. The maximum Gasteiger partial charge on any atom is 0.472 e. The van der Waals surface area contributed by atoms with Crippen molar-refractivity contribution in [2.75, 3.05) is 39.6 Å². The number of aliphatic hydroxyl groups is 1. The van der Waals surface area contributed by atoms with E-state index in [9.17, 15) is 43.2 Å². The molecule has 0 radical (unpaired) electrons. The molecule has 19 heteroatoms. The number of carbonyl (C=O) groups is 4. The second kappa shape index (κ2) is 66.4. The summed E-state index contributed by atoms with van der Waals surface area (Å²) in [6, 6.07) is 0. The van der Waals surface area contributed by atoms with Gasteiger partial charge in [-0.1, -0.05) is 310 Å². The number of hydrogen-bond acceptors (Lipinski definition) is 15. The molecule has 0 aliphatic heterocycles. The molecule has 0 aromatic heterocycles. The monoisotopic (exact) mass is 1380 g/mol. The van der Waals surface area contributed by atoms with E-state index < -0.39 is 97.5 Å². The minimum Gasteiger partial charge on any atom is -0.462 e. The van der Waals surface area contributed by atoms with E-state index in [1.165, 1.54) is 154 Å². The lowest BCUT2D eigenvalue weighted by Crippen LogP contribution is -2.30. The third-order valence-corrected chi connectivity index (χ3v) is 19.1. The van der Waals surface area contributed by atoms with Gasteiger partial charge in [-0.2, -0.15) is 0 Å². The lowest BCUT2D eigenvalue weighted by molar-refractivity contribution is -0.161. The fourth-order valence-electron chi connectivity index (χ4n) is 10.9.